The number of anilines is 1. The average molecular weight is 391 g/mol. The molecule has 1 fully saturated rings. The summed E-state index contributed by atoms with van der Waals surface area (Å²) >= 11 is 3.59. The van der Waals surface area contributed by atoms with Crippen molar-refractivity contribution in [2.75, 3.05) is 25.0 Å². The second kappa shape index (κ2) is 6.67. The predicted octanol–water partition coefficient (Wildman–Crippen LogP) is 3.46. The van der Waals surface area contributed by atoms with Gasteiger partial charge in [0.05, 0.1) is 5.69 Å². The summed E-state index contributed by atoms with van der Waals surface area (Å²) in [6, 6.07) is 4.52. The Labute approximate surface area is 151 Å². The molecule has 3 rings (SSSR count). The van der Waals surface area contributed by atoms with Crippen LogP contribution in [0.1, 0.15) is 31.0 Å². The van der Waals surface area contributed by atoms with Crippen LogP contribution in [0.2, 0.25) is 0 Å². The van der Waals surface area contributed by atoms with E-state index in [4.69, 9.17) is 4.98 Å². The number of nitrogens with zero attached hydrogens (tertiary/aromatic N) is 4. The first-order valence-corrected chi connectivity index (χ1v) is 9.09. The van der Waals surface area contributed by atoms with E-state index < -0.39 is 0 Å². The topological polar surface area (TPSA) is 49.3 Å². The fourth-order valence-electron chi connectivity index (χ4n) is 3.33. The number of amides is 1. The maximum Gasteiger partial charge on any atom is 0.219 e. The molecule has 0 unspecified atom stereocenters. The van der Waals surface area contributed by atoms with Gasteiger partial charge in [0.1, 0.15) is 5.82 Å². The van der Waals surface area contributed by atoms with Crippen LogP contribution in [-0.2, 0) is 4.79 Å². The minimum atomic E-state index is 0.137. The molecule has 0 aliphatic carbocycles. The van der Waals surface area contributed by atoms with E-state index >= 15 is 0 Å². The molecular weight excluding hydrogens is 368 g/mol. The van der Waals surface area contributed by atoms with E-state index in [1.54, 1.807) is 6.92 Å². The first kappa shape index (κ1) is 17.1. The van der Waals surface area contributed by atoms with Gasteiger partial charge in [-0.1, -0.05) is 0 Å². The molecule has 0 spiro atoms. The molecule has 3 heterocycles. The van der Waals surface area contributed by atoms with Gasteiger partial charge in [0, 0.05) is 43.0 Å². The number of aryl methyl sites for hydroxylation is 2. The molecule has 0 atom stereocenters. The van der Waals surface area contributed by atoms with Crippen LogP contribution >= 0.6 is 15.9 Å². The van der Waals surface area contributed by atoms with Gasteiger partial charge in [0.15, 0.2) is 5.65 Å². The molecule has 128 valence electrons. The third-order valence-electron chi connectivity index (χ3n) is 5.02. The summed E-state index contributed by atoms with van der Waals surface area (Å²) in [5.74, 6) is 1.11. The normalized spacial score (nSPS) is 15.8. The SMILES string of the molecule is CC(=O)N(C)C1CCN(c2ccc3c(C)c(Br)c(C)nc3n2)CC1. The molecule has 2 aromatic rings. The van der Waals surface area contributed by atoms with Crippen LogP contribution in [0.5, 0.6) is 0 Å². The van der Waals surface area contributed by atoms with Gasteiger partial charge in [-0.25, -0.2) is 9.97 Å². The first-order valence-electron chi connectivity index (χ1n) is 8.30. The van der Waals surface area contributed by atoms with Crippen LogP contribution in [0.4, 0.5) is 5.82 Å². The lowest BCUT2D eigenvalue weighted by atomic mass is 10.0. The lowest BCUT2D eigenvalue weighted by Crippen LogP contribution is -2.45. The van der Waals surface area contributed by atoms with Gasteiger partial charge in [0.25, 0.3) is 0 Å². The van der Waals surface area contributed by atoms with Crippen LogP contribution < -0.4 is 4.90 Å². The second-order valence-corrected chi connectivity index (χ2v) is 7.32. The minimum Gasteiger partial charge on any atom is -0.356 e. The molecule has 2 aromatic heterocycles. The molecule has 1 aliphatic rings. The average Bonchev–Trinajstić information content (AvgIpc) is 2.58. The fourth-order valence-corrected chi connectivity index (χ4v) is 3.63. The fraction of sp³-hybridized carbons (Fsp3) is 0.500. The van der Waals surface area contributed by atoms with E-state index in [2.05, 4.69) is 44.9 Å². The lowest BCUT2D eigenvalue weighted by molar-refractivity contribution is -0.129. The van der Waals surface area contributed by atoms with Gasteiger partial charge in [-0.05, 0) is 60.3 Å². The van der Waals surface area contributed by atoms with Crippen molar-refractivity contribution in [3.63, 3.8) is 0 Å². The third-order valence-corrected chi connectivity index (χ3v) is 6.19. The van der Waals surface area contributed by atoms with Crippen molar-refractivity contribution in [2.45, 2.75) is 39.7 Å². The van der Waals surface area contributed by atoms with E-state index in [0.717, 1.165) is 52.9 Å². The summed E-state index contributed by atoms with van der Waals surface area (Å²) < 4.78 is 1.05. The van der Waals surface area contributed by atoms with Crippen molar-refractivity contribution in [3.8, 4) is 0 Å². The summed E-state index contributed by atoms with van der Waals surface area (Å²) in [4.78, 5) is 25.1. The zero-order valence-electron chi connectivity index (χ0n) is 14.6. The molecule has 24 heavy (non-hydrogen) atoms. The van der Waals surface area contributed by atoms with Crippen molar-refractivity contribution in [1.29, 1.82) is 0 Å². The molecule has 0 aromatic carbocycles. The zero-order valence-corrected chi connectivity index (χ0v) is 16.2. The smallest absolute Gasteiger partial charge is 0.219 e. The molecule has 0 N–H and O–H groups in total. The number of hydrogen-bond donors (Lipinski definition) is 0. The van der Waals surface area contributed by atoms with E-state index in [1.807, 2.05) is 18.9 Å². The molecule has 1 aliphatic heterocycles. The number of pyridine rings is 2. The van der Waals surface area contributed by atoms with Crippen LogP contribution in [0.15, 0.2) is 16.6 Å². The molecule has 1 saturated heterocycles. The van der Waals surface area contributed by atoms with Gasteiger partial charge in [-0.3, -0.25) is 4.79 Å². The van der Waals surface area contributed by atoms with Gasteiger partial charge in [-0.2, -0.15) is 0 Å². The number of halogens is 1. The first-order chi connectivity index (χ1) is 11.4. The van der Waals surface area contributed by atoms with Crippen LogP contribution in [0, 0.1) is 13.8 Å². The molecule has 0 saturated carbocycles. The van der Waals surface area contributed by atoms with Gasteiger partial charge in [0.2, 0.25) is 5.91 Å². The standard InChI is InChI=1S/C18H23BrN4O/c1-11-15-5-6-16(21-18(15)20-12(2)17(11)19)23-9-7-14(8-10-23)22(4)13(3)24/h5-6,14H,7-10H2,1-4H3. The minimum absolute atomic E-state index is 0.137. The highest BCUT2D eigenvalue weighted by atomic mass is 79.9. The Kier molecular flexibility index (Phi) is 4.76. The number of hydrogen-bond acceptors (Lipinski definition) is 4. The molecule has 6 heteroatoms. The number of piperidine rings is 1. The van der Waals surface area contributed by atoms with Gasteiger partial charge < -0.3 is 9.80 Å². The lowest BCUT2D eigenvalue weighted by Gasteiger charge is -2.37. The largest absolute Gasteiger partial charge is 0.356 e. The summed E-state index contributed by atoms with van der Waals surface area (Å²) in [6.45, 7) is 7.54. The van der Waals surface area contributed by atoms with Crippen molar-refractivity contribution in [2.24, 2.45) is 0 Å². The number of carbonyl (C=O) groups is 1. The highest BCUT2D eigenvalue weighted by Gasteiger charge is 2.24. The van der Waals surface area contributed by atoms with Crippen molar-refractivity contribution in [3.05, 3.63) is 27.9 Å². The maximum atomic E-state index is 11.5. The van der Waals surface area contributed by atoms with Gasteiger partial charge >= 0.3 is 0 Å². The number of carbonyl (C=O) groups excluding carboxylic acids is 1. The Morgan fingerprint density at radius 2 is 1.92 bits per heavy atom. The van der Waals surface area contributed by atoms with E-state index in [1.165, 1.54) is 5.56 Å². The summed E-state index contributed by atoms with van der Waals surface area (Å²) in [5.41, 5.74) is 2.94. The quantitative estimate of drug-likeness (QED) is 0.787. The van der Waals surface area contributed by atoms with Crippen molar-refractivity contribution < 1.29 is 4.79 Å². The molecule has 5 nitrogen and oxygen atoms in total. The van der Waals surface area contributed by atoms with E-state index in [0.29, 0.717) is 6.04 Å². The molecule has 0 bridgehead atoms. The zero-order chi connectivity index (χ0) is 17.4. The van der Waals surface area contributed by atoms with E-state index in [9.17, 15) is 4.79 Å². The predicted molar refractivity (Wildman–Crippen MR) is 100 cm³/mol. The molecular formula is C18H23BrN4O. The Morgan fingerprint density at radius 1 is 1.25 bits per heavy atom. The number of aromatic nitrogens is 2. The Morgan fingerprint density at radius 3 is 2.54 bits per heavy atom. The second-order valence-electron chi connectivity index (χ2n) is 6.52. The van der Waals surface area contributed by atoms with Gasteiger partial charge in [-0.15, -0.1) is 0 Å². The summed E-state index contributed by atoms with van der Waals surface area (Å²) in [7, 11) is 1.89. The summed E-state index contributed by atoms with van der Waals surface area (Å²) in [6.07, 6.45) is 1.95. The van der Waals surface area contributed by atoms with Crippen molar-refractivity contribution in [1.82, 2.24) is 14.9 Å². The third kappa shape index (κ3) is 3.11. The number of rotatable bonds is 2. The Hall–Kier alpha value is -1.69. The van der Waals surface area contributed by atoms with Crippen LogP contribution in [0.3, 0.4) is 0 Å². The monoisotopic (exact) mass is 390 g/mol. The molecule has 1 amide bonds. The number of fused-ring (bicyclic) bond motifs is 1. The maximum absolute atomic E-state index is 11.5. The highest BCUT2D eigenvalue weighted by Crippen LogP contribution is 2.28. The Bertz CT molecular complexity index is 784. The van der Waals surface area contributed by atoms with Crippen molar-refractivity contribution >= 4 is 38.7 Å². The van der Waals surface area contributed by atoms with Crippen LogP contribution in [0.25, 0.3) is 11.0 Å². The van der Waals surface area contributed by atoms with Crippen LogP contribution in [-0.4, -0.2) is 47.0 Å². The summed E-state index contributed by atoms with van der Waals surface area (Å²) in [5, 5.41) is 1.09. The Balaban J connectivity index is 1.81. The van der Waals surface area contributed by atoms with E-state index in [-0.39, 0.29) is 5.91 Å². The highest BCUT2D eigenvalue weighted by molar-refractivity contribution is 9.10. The molecule has 0 radical (unpaired) electrons.